The fourth-order valence-corrected chi connectivity index (χ4v) is 3.69. The first-order chi connectivity index (χ1) is 11.7. The Kier molecular flexibility index (Phi) is 4.13. The third kappa shape index (κ3) is 2.74. The molecule has 24 heavy (non-hydrogen) atoms. The molecule has 1 unspecified atom stereocenters. The highest BCUT2D eigenvalue weighted by Gasteiger charge is 2.29. The molecule has 4 heteroatoms. The Hall–Kier alpha value is -2.10. The molecule has 1 aliphatic rings. The normalized spacial score (nSPS) is 17.7. The molecule has 2 heterocycles. The van der Waals surface area contributed by atoms with Crippen LogP contribution in [0.15, 0.2) is 66.9 Å². The van der Waals surface area contributed by atoms with Crippen molar-refractivity contribution in [2.75, 3.05) is 6.54 Å². The molecule has 1 aromatic heterocycles. The lowest BCUT2D eigenvalue weighted by Gasteiger charge is -2.37. The Morgan fingerprint density at radius 2 is 1.79 bits per heavy atom. The van der Waals surface area contributed by atoms with E-state index in [4.69, 9.17) is 11.6 Å². The highest BCUT2D eigenvalue weighted by molar-refractivity contribution is 6.31. The van der Waals surface area contributed by atoms with Crippen LogP contribution >= 0.6 is 11.6 Å². The van der Waals surface area contributed by atoms with Gasteiger partial charge >= 0.3 is 0 Å². The molecule has 0 saturated carbocycles. The van der Waals surface area contributed by atoms with Crippen LogP contribution in [0.2, 0.25) is 5.02 Å². The van der Waals surface area contributed by atoms with Crippen molar-refractivity contribution in [3.63, 3.8) is 0 Å². The molecule has 122 valence electrons. The highest BCUT2D eigenvalue weighted by Crippen LogP contribution is 2.34. The van der Waals surface area contributed by atoms with Crippen LogP contribution in [0.5, 0.6) is 0 Å². The summed E-state index contributed by atoms with van der Waals surface area (Å²) >= 11 is 6.18. The SMILES string of the molecule is Fc1cccc(CN2CCn3cccc3C2c2ccccc2)c1Cl. The minimum absolute atomic E-state index is 0.147. The second-order valence-corrected chi connectivity index (χ2v) is 6.50. The van der Waals surface area contributed by atoms with Crippen molar-refractivity contribution in [3.05, 3.63) is 94.5 Å². The predicted octanol–water partition coefficient (Wildman–Crippen LogP) is 4.89. The van der Waals surface area contributed by atoms with E-state index in [0.29, 0.717) is 6.54 Å². The molecule has 0 aliphatic carbocycles. The predicted molar refractivity (Wildman–Crippen MR) is 94.5 cm³/mol. The summed E-state index contributed by atoms with van der Waals surface area (Å²) in [5.74, 6) is -0.356. The standard InChI is InChI=1S/C20H18ClFN2/c21-19-16(8-4-9-17(19)22)14-24-13-12-23-11-5-10-18(23)20(24)15-6-2-1-3-7-15/h1-11,20H,12-14H2. The lowest BCUT2D eigenvalue weighted by Crippen LogP contribution is -2.38. The number of hydrogen-bond donors (Lipinski definition) is 0. The molecular formula is C20H18ClFN2. The van der Waals surface area contributed by atoms with E-state index in [2.05, 4.69) is 52.1 Å². The molecule has 0 spiro atoms. The zero-order valence-electron chi connectivity index (χ0n) is 13.2. The first-order valence-electron chi connectivity index (χ1n) is 8.11. The van der Waals surface area contributed by atoms with Gasteiger partial charge in [-0.3, -0.25) is 4.90 Å². The number of nitrogens with zero attached hydrogens (tertiary/aromatic N) is 2. The minimum atomic E-state index is -0.356. The summed E-state index contributed by atoms with van der Waals surface area (Å²) < 4.78 is 16.1. The van der Waals surface area contributed by atoms with Crippen molar-refractivity contribution >= 4 is 11.6 Å². The number of aromatic nitrogens is 1. The Bertz CT molecular complexity index is 844. The molecule has 0 fully saturated rings. The van der Waals surface area contributed by atoms with Gasteiger partial charge in [-0.2, -0.15) is 0 Å². The van der Waals surface area contributed by atoms with Crippen LogP contribution in [0.1, 0.15) is 22.9 Å². The van der Waals surface area contributed by atoms with Gasteiger partial charge in [0.25, 0.3) is 0 Å². The van der Waals surface area contributed by atoms with E-state index in [1.165, 1.54) is 17.3 Å². The third-order valence-corrected chi connectivity index (χ3v) is 5.08. The third-order valence-electron chi connectivity index (χ3n) is 4.66. The fraction of sp³-hybridized carbons (Fsp3) is 0.200. The van der Waals surface area contributed by atoms with Gasteiger partial charge in [0.1, 0.15) is 5.82 Å². The second kappa shape index (κ2) is 6.42. The van der Waals surface area contributed by atoms with Crippen molar-refractivity contribution < 1.29 is 4.39 Å². The average molecular weight is 341 g/mol. The summed E-state index contributed by atoms with van der Waals surface area (Å²) in [6.45, 7) is 2.45. The van der Waals surface area contributed by atoms with Crippen LogP contribution in [0.4, 0.5) is 4.39 Å². The van der Waals surface area contributed by atoms with E-state index in [1.54, 1.807) is 6.07 Å². The van der Waals surface area contributed by atoms with Gasteiger partial charge in [-0.05, 0) is 29.3 Å². The first-order valence-corrected chi connectivity index (χ1v) is 8.49. The van der Waals surface area contributed by atoms with Gasteiger partial charge < -0.3 is 4.57 Å². The minimum Gasteiger partial charge on any atom is -0.348 e. The summed E-state index contributed by atoms with van der Waals surface area (Å²) in [4.78, 5) is 2.37. The maximum Gasteiger partial charge on any atom is 0.142 e. The van der Waals surface area contributed by atoms with Crippen molar-refractivity contribution in [3.8, 4) is 0 Å². The second-order valence-electron chi connectivity index (χ2n) is 6.12. The van der Waals surface area contributed by atoms with Crippen molar-refractivity contribution in [1.29, 1.82) is 0 Å². The Balaban J connectivity index is 1.73. The van der Waals surface area contributed by atoms with Gasteiger partial charge in [0.05, 0.1) is 11.1 Å². The monoisotopic (exact) mass is 340 g/mol. The van der Waals surface area contributed by atoms with Crippen LogP contribution in [0.25, 0.3) is 0 Å². The van der Waals surface area contributed by atoms with E-state index >= 15 is 0 Å². The zero-order valence-corrected chi connectivity index (χ0v) is 14.0. The summed E-state index contributed by atoms with van der Waals surface area (Å²) in [5.41, 5.74) is 3.34. The topological polar surface area (TPSA) is 8.17 Å². The van der Waals surface area contributed by atoms with Gasteiger partial charge in [0.15, 0.2) is 0 Å². The lowest BCUT2D eigenvalue weighted by atomic mass is 9.99. The van der Waals surface area contributed by atoms with Crippen LogP contribution in [-0.2, 0) is 13.1 Å². The number of halogens is 2. The molecule has 0 radical (unpaired) electrons. The molecule has 0 N–H and O–H groups in total. The van der Waals surface area contributed by atoms with Gasteiger partial charge in [0.2, 0.25) is 0 Å². The van der Waals surface area contributed by atoms with Crippen LogP contribution in [0, 0.1) is 5.82 Å². The summed E-state index contributed by atoms with van der Waals surface area (Å²) in [6.07, 6.45) is 2.12. The van der Waals surface area contributed by atoms with Crippen molar-refractivity contribution in [2.45, 2.75) is 19.1 Å². The molecular weight excluding hydrogens is 323 g/mol. The fourth-order valence-electron chi connectivity index (χ4n) is 3.51. The highest BCUT2D eigenvalue weighted by atomic mass is 35.5. The van der Waals surface area contributed by atoms with Crippen molar-refractivity contribution in [1.82, 2.24) is 9.47 Å². The summed E-state index contributed by atoms with van der Waals surface area (Å²) in [6, 6.07) is 19.9. The molecule has 4 rings (SSSR count). The number of benzene rings is 2. The van der Waals surface area contributed by atoms with E-state index in [-0.39, 0.29) is 16.9 Å². The molecule has 3 aromatic rings. The number of fused-ring (bicyclic) bond motifs is 1. The van der Waals surface area contributed by atoms with Gasteiger partial charge in [-0.25, -0.2) is 4.39 Å². The van der Waals surface area contributed by atoms with Crippen LogP contribution in [0.3, 0.4) is 0 Å². The van der Waals surface area contributed by atoms with Crippen LogP contribution in [-0.4, -0.2) is 16.0 Å². The molecule has 0 saturated heterocycles. The van der Waals surface area contributed by atoms with E-state index < -0.39 is 0 Å². The Morgan fingerprint density at radius 3 is 2.62 bits per heavy atom. The number of rotatable bonds is 3. The van der Waals surface area contributed by atoms with E-state index in [9.17, 15) is 4.39 Å². The Morgan fingerprint density at radius 1 is 0.958 bits per heavy atom. The lowest BCUT2D eigenvalue weighted by molar-refractivity contribution is 0.174. The molecule has 1 atom stereocenters. The molecule has 2 nitrogen and oxygen atoms in total. The number of hydrogen-bond acceptors (Lipinski definition) is 1. The maximum atomic E-state index is 13.8. The van der Waals surface area contributed by atoms with Gasteiger partial charge in [0, 0.05) is 31.5 Å². The van der Waals surface area contributed by atoms with Crippen molar-refractivity contribution in [2.24, 2.45) is 0 Å². The van der Waals surface area contributed by atoms with Gasteiger partial charge in [-0.15, -0.1) is 0 Å². The molecule has 2 aromatic carbocycles. The smallest absolute Gasteiger partial charge is 0.142 e. The maximum absolute atomic E-state index is 13.8. The quantitative estimate of drug-likeness (QED) is 0.659. The van der Waals surface area contributed by atoms with Gasteiger partial charge in [-0.1, -0.05) is 54.1 Å². The van der Waals surface area contributed by atoms with E-state index in [0.717, 1.165) is 18.7 Å². The summed E-state index contributed by atoms with van der Waals surface area (Å²) in [5, 5.41) is 0.227. The molecule has 1 aliphatic heterocycles. The zero-order chi connectivity index (χ0) is 16.5. The molecule has 0 amide bonds. The molecule has 0 bridgehead atoms. The first kappa shape index (κ1) is 15.4. The summed E-state index contributed by atoms with van der Waals surface area (Å²) in [7, 11) is 0. The van der Waals surface area contributed by atoms with E-state index in [1.807, 2.05) is 12.1 Å². The largest absolute Gasteiger partial charge is 0.348 e. The Labute approximate surface area is 146 Å². The average Bonchev–Trinajstić information content (AvgIpc) is 3.08. The van der Waals surface area contributed by atoms with Crippen LogP contribution < -0.4 is 0 Å².